The molecule has 1 heterocycles. The van der Waals surface area contributed by atoms with Crippen LogP contribution in [0.25, 0.3) is 0 Å². The van der Waals surface area contributed by atoms with Gasteiger partial charge in [-0.15, -0.1) is 0 Å². The predicted molar refractivity (Wildman–Crippen MR) is 79.9 cm³/mol. The average molecular weight is 280 g/mol. The normalized spacial score (nSPS) is 14.8. The molecule has 1 fully saturated rings. The Morgan fingerprint density at radius 1 is 1.47 bits per heavy atom. The largest absolute Gasteiger partial charge is 0.492 e. The van der Waals surface area contributed by atoms with Crippen LogP contribution in [0, 0.1) is 5.92 Å². The lowest BCUT2D eigenvalue weighted by Gasteiger charge is -2.26. The Hall–Kier alpha value is -1.20. The number of thioether (sulfide) groups is 1. The molecule has 0 spiro atoms. The van der Waals surface area contributed by atoms with E-state index in [1.165, 1.54) is 0 Å². The smallest absolute Gasteiger partial charge is 0.234 e. The van der Waals surface area contributed by atoms with Gasteiger partial charge in [-0.3, -0.25) is 4.79 Å². The Morgan fingerprint density at radius 3 is 2.95 bits per heavy atom. The number of hydrogen-bond acceptors (Lipinski definition) is 4. The molecule has 1 saturated heterocycles. The van der Waals surface area contributed by atoms with Gasteiger partial charge in [0.2, 0.25) is 5.91 Å². The van der Waals surface area contributed by atoms with E-state index in [1.807, 2.05) is 31.2 Å². The van der Waals surface area contributed by atoms with E-state index in [0.29, 0.717) is 12.4 Å². The van der Waals surface area contributed by atoms with Gasteiger partial charge in [0.1, 0.15) is 5.75 Å². The highest BCUT2D eigenvalue weighted by Crippen LogP contribution is 2.24. The highest BCUT2D eigenvalue weighted by molar-refractivity contribution is 7.99. The minimum absolute atomic E-state index is 0.0319. The van der Waals surface area contributed by atoms with E-state index in [4.69, 9.17) is 4.74 Å². The summed E-state index contributed by atoms with van der Waals surface area (Å²) in [4.78, 5) is 11.9. The second-order valence-corrected chi connectivity index (χ2v) is 5.55. The summed E-state index contributed by atoms with van der Waals surface area (Å²) in [5.74, 6) is 3.04. The standard InChI is InChI=1S/C14H20N2O2S/c1-2-18-13-6-4-3-5-12(13)16-14(17)10-19-9-11-7-15-8-11/h3-6,11,15H,2,7-10H2,1H3,(H,16,17). The zero-order valence-electron chi connectivity index (χ0n) is 11.1. The van der Waals surface area contributed by atoms with Crippen molar-refractivity contribution >= 4 is 23.4 Å². The average Bonchev–Trinajstić information content (AvgIpc) is 2.35. The lowest BCUT2D eigenvalue weighted by molar-refractivity contribution is -0.113. The number of amides is 1. The van der Waals surface area contributed by atoms with Gasteiger partial charge >= 0.3 is 0 Å². The lowest BCUT2D eigenvalue weighted by atomic mass is 10.1. The quantitative estimate of drug-likeness (QED) is 0.802. The van der Waals surface area contributed by atoms with Crippen molar-refractivity contribution < 1.29 is 9.53 Å². The first kappa shape index (κ1) is 14.2. The van der Waals surface area contributed by atoms with Gasteiger partial charge in [0.15, 0.2) is 0 Å². The number of para-hydroxylation sites is 2. The zero-order chi connectivity index (χ0) is 13.5. The van der Waals surface area contributed by atoms with Crippen LogP contribution in [0.2, 0.25) is 0 Å². The van der Waals surface area contributed by atoms with E-state index < -0.39 is 0 Å². The fourth-order valence-corrected chi connectivity index (χ4v) is 2.77. The molecule has 104 valence electrons. The van der Waals surface area contributed by atoms with Gasteiger partial charge in [-0.05, 0) is 43.8 Å². The molecule has 2 N–H and O–H groups in total. The van der Waals surface area contributed by atoms with Crippen LogP contribution in [0.4, 0.5) is 5.69 Å². The van der Waals surface area contributed by atoms with Gasteiger partial charge in [-0.2, -0.15) is 11.8 Å². The molecular formula is C14H20N2O2S. The summed E-state index contributed by atoms with van der Waals surface area (Å²) in [7, 11) is 0. The van der Waals surface area contributed by atoms with E-state index in [9.17, 15) is 4.79 Å². The number of anilines is 1. The Kier molecular flexibility index (Phi) is 5.54. The second-order valence-electron chi connectivity index (χ2n) is 4.52. The third-order valence-corrected chi connectivity index (χ3v) is 4.09. The molecule has 0 bridgehead atoms. The van der Waals surface area contributed by atoms with E-state index >= 15 is 0 Å². The van der Waals surface area contributed by atoms with Crippen molar-refractivity contribution in [2.45, 2.75) is 6.92 Å². The second kappa shape index (κ2) is 7.40. The maximum absolute atomic E-state index is 11.9. The van der Waals surface area contributed by atoms with Crippen molar-refractivity contribution in [3.63, 3.8) is 0 Å². The van der Waals surface area contributed by atoms with Crippen molar-refractivity contribution in [3.8, 4) is 5.75 Å². The van der Waals surface area contributed by atoms with Crippen LogP contribution in [-0.4, -0.2) is 37.1 Å². The molecule has 1 aromatic rings. The summed E-state index contributed by atoms with van der Waals surface area (Å²) in [5.41, 5.74) is 0.750. The van der Waals surface area contributed by atoms with Crippen molar-refractivity contribution in [3.05, 3.63) is 24.3 Å². The lowest BCUT2D eigenvalue weighted by Crippen LogP contribution is -2.43. The van der Waals surface area contributed by atoms with Crippen LogP contribution in [0.1, 0.15) is 6.92 Å². The van der Waals surface area contributed by atoms with Crippen molar-refractivity contribution in [1.82, 2.24) is 5.32 Å². The fraction of sp³-hybridized carbons (Fsp3) is 0.500. The Bertz CT molecular complexity index is 422. The Balaban J connectivity index is 1.77. The van der Waals surface area contributed by atoms with Crippen LogP contribution in [0.15, 0.2) is 24.3 Å². The van der Waals surface area contributed by atoms with Crippen molar-refractivity contribution in [2.75, 3.05) is 36.5 Å². The molecule has 0 radical (unpaired) electrons. The third kappa shape index (κ3) is 4.44. The first-order chi connectivity index (χ1) is 9.29. The summed E-state index contributed by atoms with van der Waals surface area (Å²) in [5, 5.41) is 6.13. The molecule has 0 saturated carbocycles. The van der Waals surface area contributed by atoms with Crippen LogP contribution < -0.4 is 15.4 Å². The number of carbonyl (C=O) groups excluding carboxylic acids is 1. The number of carbonyl (C=O) groups is 1. The Labute approximate surface area is 118 Å². The maximum atomic E-state index is 11.9. The number of benzene rings is 1. The van der Waals surface area contributed by atoms with E-state index in [2.05, 4.69) is 10.6 Å². The molecule has 1 aliphatic rings. The van der Waals surface area contributed by atoms with Gasteiger partial charge in [-0.25, -0.2) is 0 Å². The van der Waals surface area contributed by atoms with E-state index in [1.54, 1.807) is 11.8 Å². The number of ether oxygens (including phenoxy) is 1. The predicted octanol–water partition coefficient (Wildman–Crippen LogP) is 1.98. The van der Waals surface area contributed by atoms with Crippen LogP contribution in [0.5, 0.6) is 5.75 Å². The van der Waals surface area contributed by atoms with E-state index in [-0.39, 0.29) is 5.91 Å². The monoisotopic (exact) mass is 280 g/mol. The summed E-state index contributed by atoms with van der Waals surface area (Å²) in [6.45, 7) is 4.70. The first-order valence-corrected chi connectivity index (χ1v) is 7.75. The highest BCUT2D eigenvalue weighted by atomic mass is 32.2. The van der Waals surface area contributed by atoms with Gasteiger partial charge in [0, 0.05) is 0 Å². The van der Waals surface area contributed by atoms with E-state index in [0.717, 1.165) is 36.2 Å². The summed E-state index contributed by atoms with van der Waals surface area (Å²) in [6, 6.07) is 7.53. The molecule has 19 heavy (non-hydrogen) atoms. The summed E-state index contributed by atoms with van der Waals surface area (Å²) < 4.78 is 5.48. The molecule has 0 unspecified atom stereocenters. The SMILES string of the molecule is CCOc1ccccc1NC(=O)CSCC1CNC1. The number of rotatable bonds is 7. The summed E-state index contributed by atoms with van der Waals surface area (Å²) >= 11 is 1.69. The molecule has 2 rings (SSSR count). The number of nitrogens with one attached hydrogen (secondary N) is 2. The third-order valence-electron chi connectivity index (χ3n) is 2.91. The van der Waals surface area contributed by atoms with Gasteiger partial charge in [0.05, 0.1) is 18.0 Å². The molecule has 1 amide bonds. The van der Waals surface area contributed by atoms with Crippen LogP contribution >= 0.6 is 11.8 Å². The van der Waals surface area contributed by atoms with Crippen LogP contribution in [0.3, 0.4) is 0 Å². The van der Waals surface area contributed by atoms with Crippen molar-refractivity contribution in [2.24, 2.45) is 5.92 Å². The molecule has 5 heteroatoms. The zero-order valence-corrected chi connectivity index (χ0v) is 12.0. The maximum Gasteiger partial charge on any atom is 0.234 e. The molecule has 4 nitrogen and oxygen atoms in total. The van der Waals surface area contributed by atoms with Gasteiger partial charge < -0.3 is 15.4 Å². The summed E-state index contributed by atoms with van der Waals surface area (Å²) in [6.07, 6.45) is 0. The topological polar surface area (TPSA) is 50.4 Å². The molecule has 0 aliphatic carbocycles. The molecule has 1 aromatic carbocycles. The molecule has 0 aromatic heterocycles. The molecule has 1 aliphatic heterocycles. The fourth-order valence-electron chi connectivity index (χ4n) is 1.82. The van der Waals surface area contributed by atoms with Crippen LogP contribution in [-0.2, 0) is 4.79 Å². The van der Waals surface area contributed by atoms with Gasteiger partial charge in [-0.1, -0.05) is 12.1 Å². The van der Waals surface area contributed by atoms with Crippen molar-refractivity contribution in [1.29, 1.82) is 0 Å². The Morgan fingerprint density at radius 2 is 2.26 bits per heavy atom. The minimum Gasteiger partial charge on any atom is -0.492 e. The molecular weight excluding hydrogens is 260 g/mol. The first-order valence-electron chi connectivity index (χ1n) is 6.59. The minimum atomic E-state index is 0.0319. The highest BCUT2D eigenvalue weighted by Gasteiger charge is 2.17. The molecule has 0 atom stereocenters. The van der Waals surface area contributed by atoms with Gasteiger partial charge in [0.25, 0.3) is 0 Å². The number of hydrogen-bond donors (Lipinski definition) is 2.